The van der Waals surface area contributed by atoms with Crippen molar-refractivity contribution >= 4 is 50.0 Å². The second-order valence-electron chi connectivity index (χ2n) is 8.69. The normalized spacial score (nSPS) is 13.2. The lowest BCUT2D eigenvalue weighted by molar-refractivity contribution is -0.129. The number of hydrogen-bond donors (Lipinski definition) is 3. The molecule has 1 aromatic carbocycles. The zero-order chi connectivity index (χ0) is 27.3. The van der Waals surface area contributed by atoms with Crippen LogP contribution in [0.2, 0.25) is 0 Å². The molecule has 1 aliphatic heterocycles. The van der Waals surface area contributed by atoms with E-state index < -0.39 is 27.7 Å². The van der Waals surface area contributed by atoms with Gasteiger partial charge in [-0.25, -0.2) is 12.7 Å². The van der Waals surface area contributed by atoms with Crippen molar-refractivity contribution in [1.82, 2.24) is 20.1 Å². The van der Waals surface area contributed by atoms with E-state index in [4.69, 9.17) is 0 Å². The molecule has 0 atom stereocenters. The van der Waals surface area contributed by atoms with E-state index in [0.717, 1.165) is 17.7 Å². The maximum atomic E-state index is 13.0. The van der Waals surface area contributed by atoms with Gasteiger partial charge in [-0.05, 0) is 42.7 Å². The van der Waals surface area contributed by atoms with Crippen molar-refractivity contribution in [1.29, 1.82) is 0 Å². The number of fused-ring (bicyclic) bond motifs is 1. The Balaban J connectivity index is 1.86. The van der Waals surface area contributed by atoms with Gasteiger partial charge in [-0.3, -0.25) is 30.0 Å². The highest BCUT2D eigenvalue weighted by Gasteiger charge is 2.30. The number of unbranched alkanes of at least 4 members (excludes halogenated alkanes) is 1. The highest BCUT2D eigenvalue weighted by atomic mass is 32.2. The first-order valence-corrected chi connectivity index (χ1v) is 14.1. The summed E-state index contributed by atoms with van der Waals surface area (Å²) in [6.07, 6.45) is 2.02. The fourth-order valence-corrected chi connectivity index (χ4v) is 6.31. The number of carbonyl (C=O) groups excluding carboxylic acids is 4. The highest BCUT2D eigenvalue weighted by molar-refractivity contribution is 7.89. The molecule has 3 rings (SSSR count). The highest BCUT2D eigenvalue weighted by Crippen LogP contribution is 2.37. The van der Waals surface area contributed by atoms with Crippen LogP contribution in [0, 0.1) is 0 Å². The molecule has 0 spiro atoms. The Morgan fingerprint density at radius 3 is 2.32 bits per heavy atom. The quantitative estimate of drug-likeness (QED) is 0.430. The van der Waals surface area contributed by atoms with Crippen LogP contribution in [0.1, 0.15) is 64.8 Å². The van der Waals surface area contributed by atoms with Gasteiger partial charge in [-0.15, -0.1) is 11.3 Å². The molecule has 0 radical (unpaired) electrons. The molecular formula is C24H31N5O6S2. The van der Waals surface area contributed by atoms with Gasteiger partial charge in [0.05, 0.1) is 17.0 Å². The third-order valence-electron chi connectivity index (χ3n) is 5.96. The average molecular weight is 550 g/mol. The minimum atomic E-state index is -3.67. The summed E-state index contributed by atoms with van der Waals surface area (Å²) in [6.45, 7) is 5.83. The lowest BCUT2D eigenvalue weighted by Crippen LogP contribution is -2.41. The van der Waals surface area contributed by atoms with Crippen molar-refractivity contribution in [3.63, 3.8) is 0 Å². The first-order valence-electron chi connectivity index (χ1n) is 11.8. The second-order valence-corrected chi connectivity index (χ2v) is 11.8. The van der Waals surface area contributed by atoms with Crippen LogP contribution in [0.5, 0.6) is 0 Å². The number of anilines is 1. The number of benzene rings is 1. The van der Waals surface area contributed by atoms with E-state index >= 15 is 0 Å². The Labute approximate surface area is 220 Å². The fourth-order valence-electron chi connectivity index (χ4n) is 3.84. The Kier molecular flexibility index (Phi) is 9.05. The molecular weight excluding hydrogens is 518 g/mol. The van der Waals surface area contributed by atoms with E-state index in [2.05, 4.69) is 16.2 Å². The van der Waals surface area contributed by atoms with Crippen molar-refractivity contribution < 1.29 is 27.6 Å². The lowest BCUT2D eigenvalue weighted by atomic mass is 10.0. The van der Waals surface area contributed by atoms with Gasteiger partial charge in [-0.1, -0.05) is 13.3 Å². The van der Waals surface area contributed by atoms with E-state index in [1.807, 2.05) is 6.92 Å². The van der Waals surface area contributed by atoms with Gasteiger partial charge in [-0.2, -0.15) is 0 Å². The van der Waals surface area contributed by atoms with Crippen LogP contribution in [0.25, 0.3) is 0 Å². The van der Waals surface area contributed by atoms with Crippen LogP contribution in [-0.4, -0.2) is 61.4 Å². The number of amides is 4. The number of rotatable bonds is 8. The van der Waals surface area contributed by atoms with Gasteiger partial charge in [0.25, 0.3) is 11.8 Å². The standard InChI is InChI=1S/C24H31N5O6S2/c1-5-6-12-28(4)37(34,35)18-9-7-17(8-10-18)22(32)25-24-21(23(33)27-26-15(2)30)19-11-13-29(16(3)31)14-20(19)36-24/h7-10H,5-6,11-14H2,1-4H3,(H,25,32)(H,26,30)(H,27,33). The van der Waals surface area contributed by atoms with Crippen molar-refractivity contribution in [3.8, 4) is 0 Å². The summed E-state index contributed by atoms with van der Waals surface area (Å²) in [5.41, 5.74) is 5.72. The second kappa shape index (κ2) is 11.8. The number of nitrogens with one attached hydrogen (secondary N) is 3. The van der Waals surface area contributed by atoms with Crippen LogP contribution >= 0.6 is 11.3 Å². The monoisotopic (exact) mass is 549 g/mol. The molecule has 0 saturated heterocycles. The third-order valence-corrected chi connectivity index (χ3v) is 8.96. The molecule has 37 heavy (non-hydrogen) atoms. The van der Waals surface area contributed by atoms with Crippen LogP contribution in [-0.2, 0) is 32.6 Å². The largest absolute Gasteiger partial charge is 0.337 e. The minimum absolute atomic E-state index is 0.0777. The van der Waals surface area contributed by atoms with Crippen molar-refractivity contribution in [3.05, 3.63) is 45.8 Å². The van der Waals surface area contributed by atoms with Crippen molar-refractivity contribution in [2.24, 2.45) is 0 Å². The number of carbonyl (C=O) groups is 4. The summed E-state index contributed by atoms with van der Waals surface area (Å²) in [5, 5.41) is 3.03. The predicted molar refractivity (Wildman–Crippen MR) is 140 cm³/mol. The van der Waals surface area contributed by atoms with Gasteiger partial charge in [0.1, 0.15) is 5.00 Å². The van der Waals surface area contributed by atoms with E-state index in [1.54, 1.807) is 4.90 Å². The summed E-state index contributed by atoms with van der Waals surface area (Å²) in [4.78, 5) is 51.6. The van der Waals surface area contributed by atoms with E-state index in [9.17, 15) is 27.6 Å². The van der Waals surface area contributed by atoms with Gasteiger partial charge < -0.3 is 10.2 Å². The molecule has 0 bridgehead atoms. The molecule has 1 aliphatic rings. The molecule has 1 aromatic heterocycles. The Morgan fingerprint density at radius 1 is 1.05 bits per heavy atom. The van der Waals surface area contributed by atoms with E-state index in [0.29, 0.717) is 31.6 Å². The number of thiophene rings is 1. The Bertz CT molecular complexity index is 1300. The first-order chi connectivity index (χ1) is 17.4. The SMILES string of the molecule is CCCCN(C)S(=O)(=O)c1ccc(C(=O)Nc2sc3c(c2C(=O)NNC(C)=O)CCN(C(C)=O)C3)cc1. The van der Waals surface area contributed by atoms with Gasteiger partial charge in [0.15, 0.2) is 0 Å². The molecule has 0 unspecified atom stereocenters. The average Bonchev–Trinajstić information content (AvgIpc) is 3.22. The maximum Gasteiger partial charge on any atom is 0.272 e. The zero-order valence-corrected chi connectivity index (χ0v) is 22.8. The minimum Gasteiger partial charge on any atom is -0.337 e. The smallest absolute Gasteiger partial charge is 0.272 e. The third kappa shape index (κ3) is 6.53. The summed E-state index contributed by atoms with van der Waals surface area (Å²) in [7, 11) is -2.16. The molecule has 3 N–H and O–H groups in total. The van der Waals surface area contributed by atoms with Crippen LogP contribution in [0.3, 0.4) is 0 Å². The van der Waals surface area contributed by atoms with Gasteiger partial charge >= 0.3 is 0 Å². The Morgan fingerprint density at radius 2 is 1.73 bits per heavy atom. The number of hydrazine groups is 1. The molecule has 200 valence electrons. The van der Waals surface area contributed by atoms with Crippen molar-refractivity contribution in [2.75, 3.05) is 25.5 Å². The molecule has 2 heterocycles. The van der Waals surface area contributed by atoms with Gasteiger partial charge in [0, 0.05) is 44.4 Å². The van der Waals surface area contributed by atoms with Crippen molar-refractivity contribution in [2.45, 2.75) is 51.5 Å². The zero-order valence-electron chi connectivity index (χ0n) is 21.2. The maximum absolute atomic E-state index is 13.0. The molecule has 11 nitrogen and oxygen atoms in total. The predicted octanol–water partition coefficient (Wildman–Crippen LogP) is 2.11. The molecule has 2 aromatic rings. The van der Waals surface area contributed by atoms with E-state index in [1.165, 1.54) is 60.8 Å². The van der Waals surface area contributed by atoms with Gasteiger partial charge in [0.2, 0.25) is 21.8 Å². The summed E-state index contributed by atoms with van der Waals surface area (Å²) in [6, 6.07) is 5.58. The van der Waals surface area contributed by atoms with E-state index in [-0.39, 0.29) is 26.9 Å². The van der Waals surface area contributed by atoms with Crippen LogP contribution in [0.4, 0.5) is 5.00 Å². The molecule has 4 amide bonds. The Hall–Kier alpha value is -3.29. The summed E-state index contributed by atoms with van der Waals surface area (Å²) < 4.78 is 26.8. The number of hydrogen-bond acceptors (Lipinski definition) is 7. The summed E-state index contributed by atoms with van der Waals surface area (Å²) in [5.74, 6) is -1.67. The lowest BCUT2D eigenvalue weighted by Gasteiger charge is -2.26. The number of sulfonamides is 1. The number of nitrogens with zero attached hydrogens (tertiary/aromatic N) is 2. The van der Waals surface area contributed by atoms with Crippen LogP contribution in [0.15, 0.2) is 29.2 Å². The molecule has 0 aliphatic carbocycles. The fraction of sp³-hybridized carbons (Fsp3) is 0.417. The molecule has 13 heteroatoms. The molecule has 0 fully saturated rings. The molecule has 0 saturated carbocycles. The summed E-state index contributed by atoms with van der Waals surface area (Å²) >= 11 is 1.19. The van der Waals surface area contributed by atoms with Crippen LogP contribution < -0.4 is 16.2 Å². The first kappa shape index (κ1) is 28.3. The topological polar surface area (TPSA) is 145 Å².